The molecule has 2 N–H and O–H groups in total. The monoisotopic (exact) mass is 324 g/mol. The number of rotatable bonds is 3. The number of carbonyl (C=O) groups is 1. The first-order valence-electron chi connectivity index (χ1n) is 7.48. The Kier molecular flexibility index (Phi) is 4.05. The van der Waals surface area contributed by atoms with Gasteiger partial charge in [0.2, 0.25) is 15.9 Å². The molecule has 8 heteroatoms. The maximum atomic E-state index is 12.2. The number of aromatic nitrogens is 1. The number of hydrogen-bond donors (Lipinski definition) is 1. The Morgan fingerprint density at radius 2 is 2.00 bits per heavy atom. The number of anilines is 1. The molecular weight excluding hydrogens is 304 g/mol. The Bertz CT molecular complexity index is 672. The normalized spacial score (nSPS) is 19.9. The molecule has 1 aliphatic heterocycles. The Morgan fingerprint density at radius 3 is 2.68 bits per heavy atom. The van der Waals surface area contributed by atoms with Gasteiger partial charge in [0, 0.05) is 38.3 Å². The number of nitrogens with two attached hydrogens (primary N) is 1. The van der Waals surface area contributed by atoms with Gasteiger partial charge >= 0.3 is 0 Å². The molecule has 1 saturated carbocycles. The molecule has 0 aromatic carbocycles. The van der Waals surface area contributed by atoms with Gasteiger partial charge in [-0.25, -0.2) is 18.5 Å². The molecule has 3 rings (SSSR count). The zero-order valence-electron chi connectivity index (χ0n) is 12.3. The first-order valence-corrected chi connectivity index (χ1v) is 9.03. The molecule has 7 nitrogen and oxygen atoms in total. The van der Waals surface area contributed by atoms with E-state index in [1.807, 2.05) is 9.80 Å². The van der Waals surface area contributed by atoms with E-state index < -0.39 is 10.0 Å². The Balaban J connectivity index is 1.78. The molecule has 1 saturated heterocycles. The Morgan fingerprint density at radius 1 is 1.23 bits per heavy atom. The maximum Gasteiger partial charge on any atom is 0.241 e. The van der Waals surface area contributed by atoms with Crippen LogP contribution in [0.4, 0.5) is 5.82 Å². The van der Waals surface area contributed by atoms with Crippen molar-refractivity contribution in [2.24, 2.45) is 11.1 Å². The molecule has 1 aliphatic carbocycles. The van der Waals surface area contributed by atoms with Crippen molar-refractivity contribution in [1.82, 2.24) is 9.88 Å². The van der Waals surface area contributed by atoms with Crippen LogP contribution in [0.1, 0.15) is 19.3 Å². The standard InChI is InChI=1S/C14H20N4O3S/c15-22(20,21)12-3-1-6-16-13(12)17-7-2-8-18(10-9-17)14(19)11-4-5-11/h1,3,6,11H,2,4-5,7-10H2,(H2,15,20,21). The summed E-state index contributed by atoms with van der Waals surface area (Å²) in [5, 5.41) is 5.27. The highest BCUT2D eigenvalue weighted by molar-refractivity contribution is 7.89. The van der Waals surface area contributed by atoms with E-state index in [-0.39, 0.29) is 16.7 Å². The second kappa shape index (κ2) is 5.85. The summed E-state index contributed by atoms with van der Waals surface area (Å²) in [7, 11) is -3.81. The van der Waals surface area contributed by atoms with Crippen LogP contribution >= 0.6 is 0 Å². The molecule has 0 atom stereocenters. The van der Waals surface area contributed by atoms with Gasteiger partial charge in [0.25, 0.3) is 0 Å². The average Bonchev–Trinajstić information content (AvgIpc) is 3.32. The van der Waals surface area contributed by atoms with Crippen molar-refractivity contribution in [2.45, 2.75) is 24.2 Å². The lowest BCUT2D eigenvalue weighted by Gasteiger charge is -2.24. The molecule has 0 unspecified atom stereocenters. The minimum absolute atomic E-state index is 0.0389. The number of pyridine rings is 1. The number of hydrogen-bond acceptors (Lipinski definition) is 5. The fraction of sp³-hybridized carbons (Fsp3) is 0.571. The highest BCUT2D eigenvalue weighted by atomic mass is 32.2. The summed E-state index contributed by atoms with van der Waals surface area (Å²) >= 11 is 0. The summed E-state index contributed by atoms with van der Waals surface area (Å²) in [5.41, 5.74) is 0. The predicted octanol–water partition coefficient (Wildman–Crippen LogP) is 0.178. The molecule has 1 aromatic heterocycles. The smallest absolute Gasteiger partial charge is 0.241 e. The van der Waals surface area contributed by atoms with Crippen LogP contribution < -0.4 is 10.0 Å². The van der Waals surface area contributed by atoms with Crippen LogP contribution in [0.2, 0.25) is 0 Å². The van der Waals surface area contributed by atoms with E-state index in [2.05, 4.69) is 4.98 Å². The molecule has 0 spiro atoms. The first kappa shape index (κ1) is 15.2. The summed E-state index contributed by atoms with van der Waals surface area (Å²) in [5.74, 6) is 0.821. The molecule has 2 fully saturated rings. The highest BCUT2D eigenvalue weighted by Gasteiger charge is 2.34. The summed E-state index contributed by atoms with van der Waals surface area (Å²) < 4.78 is 23.4. The van der Waals surface area contributed by atoms with Crippen molar-refractivity contribution in [3.8, 4) is 0 Å². The highest BCUT2D eigenvalue weighted by Crippen LogP contribution is 2.31. The largest absolute Gasteiger partial charge is 0.354 e. The third-order valence-corrected chi connectivity index (χ3v) is 5.02. The molecule has 0 bridgehead atoms. The van der Waals surface area contributed by atoms with Crippen LogP contribution in [0.3, 0.4) is 0 Å². The van der Waals surface area contributed by atoms with Crippen LogP contribution in [0.15, 0.2) is 23.2 Å². The van der Waals surface area contributed by atoms with Gasteiger partial charge in [0.1, 0.15) is 10.7 Å². The Labute approximate surface area is 130 Å². The fourth-order valence-corrected chi connectivity index (χ4v) is 3.48. The minimum atomic E-state index is -3.81. The minimum Gasteiger partial charge on any atom is -0.354 e. The molecule has 2 aliphatic rings. The number of primary sulfonamides is 1. The van der Waals surface area contributed by atoms with Crippen molar-refractivity contribution in [2.75, 3.05) is 31.1 Å². The summed E-state index contributed by atoms with van der Waals surface area (Å²) in [6.07, 6.45) is 4.34. The van der Waals surface area contributed by atoms with E-state index in [0.717, 1.165) is 19.3 Å². The first-order chi connectivity index (χ1) is 10.5. The van der Waals surface area contributed by atoms with Crippen molar-refractivity contribution in [3.05, 3.63) is 18.3 Å². The van der Waals surface area contributed by atoms with Crippen molar-refractivity contribution in [3.63, 3.8) is 0 Å². The molecule has 22 heavy (non-hydrogen) atoms. The van der Waals surface area contributed by atoms with E-state index in [4.69, 9.17) is 5.14 Å². The molecule has 1 aromatic rings. The topological polar surface area (TPSA) is 96.6 Å². The average molecular weight is 324 g/mol. The summed E-state index contributed by atoms with van der Waals surface area (Å²) in [4.78, 5) is 20.2. The van der Waals surface area contributed by atoms with Crippen LogP contribution in [-0.2, 0) is 14.8 Å². The van der Waals surface area contributed by atoms with Gasteiger partial charge in [-0.3, -0.25) is 4.79 Å². The number of nitrogens with zero attached hydrogens (tertiary/aromatic N) is 3. The molecule has 1 amide bonds. The molecule has 120 valence electrons. The lowest BCUT2D eigenvalue weighted by molar-refractivity contribution is -0.132. The van der Waals surface area contributed by atoms with Gasteiger partial charge in [0.05, 0.1) is 0 Å². The summed E-state index contributed by atoms with van der Waals surface area (Å²) in [6, 6.07) is 3.03. The second-order valence-corrected chi connectivity index (χ2v) is 7.34. The molecule has 2 heterocycles. The van der Waals surface area contributed by atoms with Gasteiger partial charge in [-0.2, -0.15) is 0 Å². The van der Waals surface area contributed by atoms with Crippen molar-refractivity contribution < 1.29 is 13.2 Å². The van der Waals surface area contributed by atoms with Crippen molar-refractivity contribution >= 4 is 21.7 Å². The summed E-state index contributed by atoms with van der Waals surface area (Å²) in [6.45, 7) is 2.53. The second-order valence-electron chi connectivity index (χ2n) is 5.81. The van der Waals surface area contributed by atoms with Crippen molar-refractivity contribution in [1.29, 1.82) is 0 Å². The molecular formula is C14H20N4O3S. The van der Waals surface area contributed by atoms with E-state index in [1.54, 1.807) is 12.3 Å². The van der Waals surface area contributed by atoms with Crippen LogP contribution in [0, 0.1) is 5.92 Å². The quantitative estimate of drug-likeness (QED) is 0.855. The number of carbonyl (C=O) groups excluding carboxylic acids is 1. The van der Waals surface area contributed by atoms with E-state index in [0.29, 0.717) is 32.0 Å². The van der Waals surface area contributed by atoms with Gasteiger partial charge in [-0.1, -0.05) is 0 Å². The zero-order valence-corrected chi connectivity index (χ0v) is 13.1. The van der Waals surface area contributed by atoms with Gasteiger partial charge in [-0.15, -0.1) is 0 Å². The number of sulfonamides is 1. The maximum absolute atomic E-state index is 12.2. The molecule has 0 radical (unpaired) electrons. The number of amides is 1. The van der Waals surface area contributed by atoms with Gasteiger partial charge < -0.3 is 9.80 Å². The van der Waals surface area contributed by atoms with Crippen LogP contribution in [-0.4, -0.2) is 50.4 Å². The third kappa shape index (κ3) is 3.22. The Hall–Kier alpha value is -1.67. The SMILES string of the molecule is NS(=O)(=O)c1cccnc1N1CCCN(C(=O)C2CC2)CC1. The van der Waals surface area contributed by atoms with E-state index >= 15 is 0 Å². The van der Waals surface area contributed by atoms with E-state index in [9.17, 15) is 13.2 Å². The predicted molar refractivity (Wildman–Crippen MR) is 81.7 cm³/mol. The van der Waals surface area contributed by atoms with Gasteiger partial charge in [0.15, 0.2) is 0 Å². The lowest BCUT2D eigenvalue weighted by atomic mass is 10.3. The lowest BCUT2D eigenvalue weighted by Crippen LogP contribution is -2.36. The fourth-order valence-electron chi connectivity index (χ4n) is 2.78. The van der Waals surface area contributed by atoms with Crippen LogP contribution in [0.25, 0.3) is 0 Å². The van der Waals surface area contributed by atoms with E-state index in [1.165, 1.54) is 6.07 Å². The van der Waals surface area contributed by atoms with Gasteiger partial charge in [-0.05, 0) is 31.4 Å². The zero-order chi connectivity index (χ0) is 15.7. The van der Waals surface area contributed by atoms with Crippen LogP contribution in [0.5, 0.6) is 0 Å². The third-order valence-electron chi connectivity index (χ3n) is 4.09.